The molecule has 3 rings (SSSR count). The van der Waals surface area contributed by atoms with Gasteiger partial charge in [0.25, 0.3) is 0 Å². The summed E-state index contributed by atoms with van der Waals surface area (Å²) in [5.41, 5.74) is 7.45. The molecule has 0 unspecified atom stereocenters. The average Bonchev–Trinajstić information content (AvgIpc) is 3.06. The summed E-state index contributed by atoms with van der Waals surface area (Å²) in [5.74, 6) is 5.66. The maximum absolute atomic E-state index is 11.5. The normalized spacial score (nSPS) is 11.4. The number of hydrogen-bond acceptors (Lipinski definition) is 8. The zero-order chi connectivity index (χ0) is 46.5. The Morgan fingerprint density at radius 1 is 0.550 bits per heavy atom. The monoisotopic (exact) mass is 1050 g/mol. The van der Waals surface area contributed by atoms with Gasteiger partial charge in [0.1, 0.15) is 17.2 Å². The number of para-hydroxylation sites is 3. The maximum Gasteiger partial charge on any atom is 0.317 e. The fourth-order valence-electron chi connectivity index (χ4n) is 5.36. The minimum Gasteiger partial charge on any atom is -0.493 e. The van der Waals surface area contributed by atoms with Gasteiger partial charge in [0, 0.05) is 70.4 Å². The maximum atomic E-state index is 11.5. The second-order valence-electron chi connectivity index (χ2n) is 16.2. The van der Waals surface area contributed by atoms with Crippen molar-refractivity contribution in [3.63, 3.8) is 0 Å². The van der Waals surface area contributed by atoms with Crippen LogP contribution in [-0.4, -0.2) is 59.4 Å². The standard InChI is InChI=1S/C15H25O3P.C14H22O.C13H19ClO.C2H7O2P.Ag.Cl2O2S/c1-11(2)13-8-7-9-14(12(3)4)15(13)17-10-18-19(5,6)16;1-6-15-14-12(10(2)3)8-7-9-13(14)11(4)5;1-9(2)11-6-5-7-12(10(3)4)13(11)15-8-14;1-5(2,3)4;;1-5(2,3)4/h7-9,11-12H,10H2,1-6H3;7-11H,6H2,1-5H3;5-7,9-10H,8H2,1-4H3;1-2H3,(H,3,4);;. The summed E-state index contributed by atoms with van der Waals surface area (Å²) >= 11 is 5.67. The van der Waals surface area contributed by atoms with E-state index >= 15 is 0 Å². The summed E-state index contributed by atoms with van der Waals surface area (Å²) in [5, 5.41) is 0. The fourth-order valence-corrected chi connectivity index (χ4v) is 5.78. The molecule has 3 aromatic rings. The third-order valence-electron chi connectivity index (χ3n) is 8.01. The van der Waals surface area contributed by atoms with Gasteiger partial charge in [-0.05, 0) is 75.8 Å². The SMILES string of the molecule is CC(C)c1cccc(C(C)C)c1OCCl.CC(C)c1cccc(C(C)C)c1OCOP(C)(C)=O.CCOc1c(C(C)C)cccc1C(C)C.CP(C)(=O)O.O=S(=O)(Cl)Cl.[Ag]. The first-order chi connectivity index (χ1) is 26.9. The van der Waals surface area contributed by atoms with Crippen molar-refractivity contribution in [2.75, 3.05) is 46.1 Å². The number of benzene rings is 3. The zero-order valence-corrected chi connectivity index (χ0v) is 45.1. The summed E-state index contributed by atoms with van der Waals surface area (Å²) < 4.78 is 62.0. The number of hydrogen-bond donors (Lipinski definition) is 1. The minimum atomic E-state index is -3.72. The fraction of sp³-hybridized carbons (Fsp3) is 0.591. The van der Waals surface area contributed by atoms with E-state index in [0.29, 0.717) is 35.5 Å². The second kappa shape index (κ2) is 31.0. The van der Waals surface area contributed by atoms with Crippen molar-refractivity contribution in [3.8, 4) is 17.2 Å². The van der Waals surface area contributed by atoms with Crippen molar-refractivity contribution < 1.29 is 63.6 Å². The van der Waals surface area contributed by atoms with Crippen molar-refractivity contribution in [1.82, 2.24) is 0 Å². The minimum absolute atomic E-state index is 0. The molecule has 0 fully saturated rings. The molecule has 0 saturated carbocycles. The Kier molecular flexibility index (Phi) is 32.7. The van der Waals surface area contributed by atoms with E-state index in [1.165, 1.54) is 35.6 Å². The summed E-state index contributed by atoms with van der Waals surface area (Å²) in [6.07, 6.45) is 0. The molecule has 0 atom stereocenters. The van der Waals surface area contributed by atoms with Gasteiger partial charge in [0.05, 0.1) is 6.61 Å². The van der Waals surface area contributed by atoms with Crippen LogP contribution < -0.4 is 14.2 Å². The van der Waals surface area contributed by atoms with Crippen LogP contribution in [0.2, 0.25) is 0 Å². The first-order valence-electron chi connectivity index (χ1n) is 19.8. The summed E-state index contributed by atoms with van der Waals surface area (Å²) in [6.45, 7) is 34.7. The summed E-state index contributed by atoms with van der Waals surface area (Å²) in [4.78, 5) is 8.08. The van der Waals surface area contributed by atoms with E-state index in [-0.39, 0.29) is 35.2 Å². The van der Waals surface area contributed by atoms with Gasteiger partial charge in [0.15, 0.2) is 27.6 Å². The summed E-state index contributed by atoms with van der Waals surface area (Å²) in [6, 6.07) is 19.2. The van der Waals surface area contributed by atoms with Crippen LogP contribution in [-0.2, 0) is 44.3 Å². The number of alkyl halides is 1. The number of rotatable bonds is 14. The largest absolute Gasteiger partial charge is 0.493 e. The van der Waals surface area contributed by atoms with E-state index in [1.807, 2.05) is 6.92 Å². The third-order valence-corrected chi connectivity index (χ3v) is 8.85. The van der Waals surface area contributed by atoms with Crippen molar-refractivity contribution in [1.29, 1.82) is 0 Å². The molecule has 9 nitrogen and oxygen atoms in total. The van der Waals surface area contributed by atoms with E-state index in [0.717, 1.165) is 35.0 Å². The molecule has 0 bridgehead atoms. The molecule has 60 heavy (non-hydrogen) atoms. The smallest absolute Gasteiger partial charge is 0.317 e. The van der Waals surface area contributed by atoms with Crippen LogP contribution in [0.1, 0.15) is 159 Å². The van der Waals surface area contributed by atoms with E-state index in [2.05, 4.69) is 159 Å². The molecule has 0 amide bonds. The van der Waals surface area contributed by atoms with Crippen LogP contribution in [0.15, 0.2) is 54.6 Å². The van der Waals surface area contributed by atoms with E-state index < -0.39 is 23.0 Å². The Labute approximate surface area is 393 Å². The Morgan fingerprint density at radius 2 is 0.767 bits per heavy atom. The third kappa shape index (κ3) is 29.4. The van der Waals surface area contributed by atoms with Crippen LogP contribution in [0.25, 0.3) is 0 Å². The van der Waals surface area contributed by atoms with Gasteiger partial charge in [-0.25, -0.2) is 0 Å². The molecule has 0 spiro atoms. The van der Waals surface area contributed by atoms with Gasteiger partial charge in [-0.3, -0.25) is 13.7 Å². The van der Waals surface area contributed by atoms with Gasteiger partial charge in [0.2, 0.25) is 0 Å². The first-order valence-corrected chi connectivity index (χ1v) is 28.6. The van der Waals surface area contributed by atoms with Crippen molar-refractivity contribution in [3.05, 3.63) is 88.0 Å². The van der Waals surface area contributed by atoms with Crippen LogP contribution in [0, 0.1) is 0 Å². The van der Waals surface area contributed by atoms with Gasteiger partial charge < -0.3 is 19.1 Å². The van der Waals surface area contributed by atoms with Crippen LogP contribution in [0.5, 0.6) is 17.2 Å². The van der Waals surface area contributed by atoms with Gasteiger partial charge in [-0.1, -0.05) is 149 Å². The number of halogens is 3. The van der Waals surface area contributed by atoms with E-state index in [1.54, 1.807) is 13.3 Å². The van der Waals surface area contributed by atoms with Crippen LogP contribution in [0.4, 0.5) is 0 Å². The Balaban J connectivity index is -0.000000727. The molecule has 3 aromatic carbocycles. The molecule has 0 aliphatic carbocycles. The molecule has 16 heteroatoms. The van der Waals surface area contributed by atoms with Gasteiger partial charge in [-0.15, -0.1) is 0 Å². The first kappa shape index (κ1) is 63.3. The zero-order valence-electron chi connectivity index (χ0n) is 38.7. The second-order valence-corrected chi connectivity index (χ2v) is 25.5. The van der Waals surface area contributed by atoms with Crippen molar-refractivity contribution in [2.24, 2.45) is 0 Å². The van der Waals surface area contributed by atoms with Crippen LogP contribution in [0.3, 0.4) is 0 Å². The molecular formula is C44H73AgCl3O9P2S. The average molecular weight is 1050 g/mol. The van der Waals surface area contributed by atoms with Gasteiger partial charge in [-0.2, -0.15) is 8.42 Å². The molecule has 351 valence electrons. The number of ether oxygens (including phenoxy) is 3. The molecule has 0 aliphatic heterocycles. The Hall–Kier alpha value is -1.000. The summed E-state index contributed by atoms with van der Waals surface area (Å²) in [7, 11) is -0.331. The molecule has 0 aromatic heterocycles. The van der Waals surface area contributed by atoms with Crippen molar-refractivity contribution in [2.45, 2.75) is 126 Å². The molecule has 0 heterocycles. The van der Waals surface area contributed by atoms with Crippen LogP contribution >= 0.6 is 47.7 Å². The molecule has 0 aliphatic rings. The van der Waals surface area contributed by atoms with Crippen molar-refractivity contribution >= 4 is 56.0 Å². The molecule has 0 saturated heterocycles. The predicted octanol–water partition coefficient (Wildman–Crippen LogP) is 14.9. The molecular weight excluding hydrogens is 981 g/mol. The molecule has 1 radical (unpaired) electrons. The quantitative estimate of drug-likeness (QED) is 0.0552. The predicted molar refractivity (Wildman–Crippen MR) is 255 cm³/mol. The van der Waals surface area contributed by atoms with Gasteiger partial charge >= 0.3 is 8.26 Å². The molecule has 1 N–H and O–H groups in total. The van der Waals surface area contributed by atoms with E-state index in [9.17, 15) is 9.13 Å². The topological polar surface area (TPSA) is 125 Å². The van der Waals surface area contributed by atoms with E-state index in [4.69, 9.17) is 43.6 Å². The Bertz CT molecular complexity index is 1700. The Morgan fingerprint density at radius 3 is 0.950 bits per heavy atom.